The summed E-state index contributed by atoms with van der Waals surface area (Å²) >= 11 is 0. The summed E-state index contributed by atoms with van der Waals surface area (Å²) in [5, 5.41) is 2.61. The van der Waals surface area contributed by atoms with Crippen molar-refractivity contribution in [1.29, 1.82) is 0 Å². The Bertz CT molecular complexity index is 777. The molecule has 1 N–H and O–H groups in total. The average molecular weight is 410 g/mol. The van der Waals surface area contributed by atoms with Crippen molar-refractivity contribution in [1.82, 2.24) is 9.21 Å². The third-order valence-electron chi connectivity index (χ3n) is 4.69. The van der Waals surface area contributed by atoms with Crippen LogP contribution in [0.3, 0.4) is 0 Å². The molecule has 0 atom stereocenters. The highest BCUT2D eigenvalue weighted by molar-refractivity contribution is 7.89. The lowest BCUT2D eigenvalue weighted by atomic mass is 10.1. The first-order chi connectivity index (χ1) is 13.0. The van der Waals surface area contributed by atoms with Gasteiger partial charge in [-0.1, -0.05) is 6.58 Å². The van der Waals surface area contributed by atoms with E-state index < -0.39 is 10.0 Å². The Morgan fingerprint density at radius 2 is 1.86 bits per heavy atom. The van der Waals surface area contributed by atoms with Crippen molar-refractivity contribution in [3.05, 3.63) is 36.9 Å². The van der Waals surface area contributed by atoms with Gasteiger partial charge >= 0.3 is 0 Å². The second kappa shape index (κ2) is 9.17. The molecule has 1 aromatic carbocycles. The number of rotatable bonds is 7. The molecule has 1 aliphatic heterocycles. The van der Waals surface area contributed by atoms with E-state index in [0.717, 1.165) is 12.8 Å². The molecule has 28 heavy (non-hydrogen) atoms. The first kappa shape index (κ1) is 22.5. The van der Waals surface area contributed by atoms with Gasteiger partial charge in [0.25, 0.3) is 0 Å². The normalized spacial score (nSPS) is 16.9. The Balaban J connectivity index is 1.95. The standard InChI is InChI=1S/C20H31N3O4S/c1-6-19(24)21-16-7-9-18(10-8-16)28(25,26)23-13-11-17(12-14-23)22(5)15-27-20(2,3)4/h6-10,17H,1,11-15H2,2-5H3,(H,21,24). The van der Waals surface area contributed by atoms with E-state index in [0.29, 0.717) is 31.5 Å². The number of carbonyl (C=O) groups is 1. The van der Waals surface area contributed by atoms with E-state index in [1.54, 1.807) is 12.1 Å². The summed E-state index contributed by atoms with van der Waals surface area (Å²) in [6.45, 7) is 10.9. The van der Waals surface area contributed by atoms with Crippen molar-refractivity contribution < 1.29 is 17.9 Å². The minimum atomic E-state index is -3.55. The number of nitrogens with zero attached hydrogens (tertiary/aromatic N) is 2. The minimum Gasteiger partial charge on any atom is -0.360 e. The van der Waals surface area contributed by atoms with Gasteiger partial charge in [-0.05, 0) is 71.0 Å². The van der Waals surface area contributed by atoms with Crippen molar-refractivity contribution in [3.8, 4) is 0 Å². The molecule has 0 aromatic heterocycles. The third-order valence-corrected chi connectivity index (χ3v) is 6.61. The smallest absolute Gasteiger partial charge is 0.247 e. The highest BCUT2D eigenvalue weighted by Gasteiger charge is 2.31. The monoisotopic (exact) mass is 409 g/mol. The van der Waals surface area contributed by atoms with Gasteiger partial charge in [0.1, 0.15) is 0 Å². The number of amides is 1. The van der Waals surface area contributed by atoms with Gasteiger partial charge < -0.3 is 10.1 Å². The van der Waals surface area contributed by atoms with Crippen LogP contribution in [-0.4, -0.2) is 62.0 Å². The number of hydrogen-bond acceptors (Lipinski definition) is 5. The van der Waals surface area contributed by atoms with Crippen LogP contribution in [0, 0.1) is 0 Å². The molecule has 1 fully saturated rings. The number of sulfonamides is 1. The molecule has 7 nitrogen and oxygen atoms in total. The predicted molar refractivity (Wildman–Crippen MR) is 111 cm³/mol. The first-order valence-electron chi connectivity index (χ1n) is 9.41. The Morgan fingerprint density at radius 3 is 2.36 bits per heavy atom. The van der Waals surface area contributed by atoms with E-state index in [-0.39, 0.29) is 16.4 Å². The lowest BCUT2D eigenvalue weighted by Crippen LogP contribution is -2.46. The fourth-order valence-corrected chi connectivity index (χ4v) is 4.45. The zero-order valence-electron chi connectivity index (χ0n) is 17.1. The molecule has 1 aliphatic rings. The molecule has 1 aromatic rings. The Morgan fingerprint density at radius 1 is 1.29 bits per heavy atom. The molecule has 0 aliphatic carbocycles. The molecule has 156 valence electrons. The Kier molecular flexibility index (Phi) is 7.39. The van der Waals surface area contributed by atoms with Crippen molar-refractivity contribution >= 4 is 21.6 Å². The number of piperidine rings is 1. The molecule has 0 spiro atoms. The van der Waals surface area contributed by atoms with Crippen molar-refractivity contribution in [2.75, 3.05) is 32.2 Å². The van der Waals surface area contributed by atoms with Crippen molar-refractivity contribution in [3.63, 3.8) is 0 Å². The maximum absolute atomic E-state index is 12.9. The van der Waals surface area contributed by atoms with Gasteiger partial charge in [0.15, 0.2) is 0 Å². The number of anilines is 1. The minimum absolute atomic E-state index is 0.199. The zero-order chi connectivity index (χ0) is 20.9. The molecule has 0 unspecified atom stereocenters. The van der Waals surface area contributed by atoms with E-state index in [2.05, 4.69) is 16.8 Å². The van der Waals surface area contributed by atoms with Crippen molar-refractivity contribution in [2.24, 2.45) is 0 Å². The van der Waals surface area contributed by atoms with Gasteiger partial charge in [-0.2, -0.15) is 4.31 Å². The summed E-state index contributed by atoms with van der Waals surface area (Å²) in [6.07, 6.45) is 2.69. The van der Waals surface area contributed by atoms with Crippen LogP contribution in [0.1, 0.15) is 33.6 Å². The third kappa shape index (κ3) is 6.13. The van der Waals surface area contributed by atoms with Gasteiger partial charge in [-0.15, -0.1) is 0 Å². The summed E-state index contributed by atoms with van der Waals surface area (Å²) in [7, 11) is -1.54. The SMILES string of the molecule is C=CC(=O)Nc1ccc(S(=O)(=O)N2CCC(N(C)COC(C)(C)C)CC2)cc1. The second-order valence-corrected chi connectivity index (χ2v) is 9.93. The quantitative estimate of drug-likeness (QED) is 0.553. The Hall–Kier alpha value is -1.74. The van der Waals surface area contributed by atoms with E-state index in [4.69, 9.17) is 4.74 Å². The summed E-state index contributed by atoms with van der Waals surface area (Å²) in [4.78, 5) is 13.7. The fourth-order valence-electron chi connectivity index (χ4n) is 2.98. The van der Waals surface area contributed by atoms with Gasteiger partial charge in [0, 0.05) is 24.8 Å². The van der Waals surface area contributed by atoms with Gasteiger partial charge in [0.05, 0.1) is 17.2 Å². The predicted octanol–water partition coefficient (Wildman–Crippen LogP) is 2.67. The number of ether oxygens (including phenoxy) is 1. The van der Waals surface area contributed by atoms with Crippen LogP contribution in [0.25, 0.3) is 0 Å². The topological polar surface area (TPSA) is 79.0 Å². The number of benzene rings is 1. The summed E-state index contributed by atoms with van der Waals surface area (Å²) in [6, 6.07) is 6.50. The second-order valence-electron chi connectivity index (χ2n) is 8.00. The maximum atomic E-state index is 12.9. The van der Waals surface area contributed by atoms with E-state index >= 15 is 0 Å². The van der Waals surface area contributed by atoms with Gasteiger partial charge in [-0.25, -0.2) is 8.42 Å². The van der Waals surface area contributed by atoms with Crippen LogP contribution in [0.2, 0.25) is 0 Å². The van der Waals surface area contributed by atoms with E-state index in [1.165, 1.54) is 22.5 Å². The van der Waals surface area contributed by atoms with Crippen LogP contribution in [0.5, 0.6) is 0 Å². The summed E-state index contributed by atoms with van der Waals surface area (Å²) in [5.74, 6) is -0.336. The van der Waals surface area contributed by atoms with Gasteiger partial charge in [-0.3, -0.25) is 9.69 Å². The van der Waals surface area contributed by atoms with Crippen molar-refractivity contribution in [2.45, 2.75) is 50.2 Å². The molecule has 2 rings (SSSR count). The lowest BCUT2D eigenvalue weighted by Gasteiger charge is -2.37. The number of carbonyl (C=O) groups excluding carboxylic acids is 1. The van der Waals surface area contributed by atoms with E-state index in [1.807, 2.05) is 27.8 Å². The molecular formula is C20H31N3O4S. The van der Waals surface area contributed by atoms with Crippen LogP contribution < -0.4 is 5.32 Å². The van der Waals surface area contributed by atoms with Crippen LogP contribution in [-0.2, 0) is 19.6 Å². The molecule has 8 heteroatoms. The van der Waals surface area contributed by atoms with Crippen LogP contribution >= 0.6 is 0 Å². The number of hydrogen-bond donors (Lipinski definition) is 1. The van der Waals surface area contributed by atoms with Crippen LogP contribution in [0.15, 0.2) is 41.8 Å². The highest BCUT2D eigenvalue weighted by atomic mass is 32.2. The maximum Gasteiger partial charge on any atom is 0.247 e. The fraction of sp³-hybridized carbons (Fsp3) is 0.550. The molecule has 0 bridgehead atoms. The molecular weight excluding hydrogens is 378 g/mol. The molecule has 0 radical (unpaired) electrons. The summed E-state index contributed by atoms with van der Waals surface area (Å²) in [5.41, 5.74) is 0.332. The van der Waals surface area contributed by atoms with Gasteiger partial charge in [0.2, 0.25) is 15.9 Å². The summed E-state index contributed by atoms with van der Waals surface area (Å²) < 4.78 is 33.1. The molecule has 1 amide bonds. The molecule has 1 saturated heterocycles. The zero-order valence-corrected chi connectivity index (χ0v) is 18.0. The lowest BCUT2D eigenvalue weighted by molar-refractivity contribution is -0.111. The van der Waals surface area contributed by atoms with Crippen LogP contribution in [0.4, 0.5) is 5.69 Å². The molecule has 1 heterocycles. The van der Waals surface area contributed by atoms with E-state index in [9.17, 15) is 13.2 Å². The average Bonchev–Trinajstić information content (AvgIpc) is 2.66. The Labute approximate surface area is 168 Å². The molecule has 0 saturated carbocycles. The number of nitrogens with one attached hydrogen (secondary N) is 1. The highest BCUT2D eigenvalue weighted by Crippen LogP contribution is 2.24. The largest absolute Gasteiger partial charge is 0.360 e. The first-order valence-corrected chi connectivity index (χ1v) is 10.8.